The molecule has 1 fully saturated rings. The third-order valence-corrected chi connectivity index (χ3v) is 3.02. The van der Waals surface area contributed by atoms with Crippen molar-refractivity contribution in [3.05, 3.63) is 0 Å². The van der Waals surface area contributed by atoms with Gasteiger partial charge >= 0.3 is 0 Å². The predicted octanol–water partition coefficient (Wildman–Crippen LogP) is 3.20. The monoisotopic (exact) mass is 205 g/mol. The molecule has 1 nitrogen and oxygen atoms in total. The van der Waals surface area contributed by atoms with Crippen LogP contribution in [0.3, 0.4) is 0 Å². The highest BCUT2D eigenvalue weighted by Crippen LogP contribution is 2.38. The first-order valence-electron chi connectivity index (χ1n) is 5.46. The van der Waals surface area contributed by atoms with Crippen molar-refractivity contribution in [3.63, 3.8) is 0 Å². The van der Waals surface area contributed by atoms with Gasteiger partial charge in [0.05, 0.1) is 0 Å². The minimum Gasteiger partial charge on any atom is -0.311 e. The molecule has 84 valence electrons. The summed E-state index contributed by atoms with van der Waals surface area (Å²) in [5, 5.41) is 3.40. The van der Waals surface area contributed by atoms with Crippen LogP contribution in [-0.4, -0.2) is 18.0 Å². The van der Waals surface area contributed by atoms with Crippen LogP contribution in [0.25, 0.3) is 0 Å². The highest BCUT2D eigenvalue weighted by molar-refractivity contribution is 4.91. The number of alkyl halides is 2. The van der Waals surface area contributed by atoms with Gasteiger partial charge in [-0.05, 0) is 32.2 Å². The number of halogens is 2. The van der Waals surface area contributed by atoms with Gasteiger partial charge in [-0.1, -0.05) is 13.8 Å². The quantitative estimate of drug-likeness (QED) is 0.746. The zero-order valence-electron chi connectivity index (χ0n) is 9.37. The molecule has 0 heterocycles. The largest absolute Gasteiger partial charge is 0.311 e. The van der Waals surface area contributed by atoms with Crippen molar-refractivity contribution in [1.82, 2.24) is 5.32 Å². The molecule has 1 rings (SSSR count). The molecule has 3 heteroatoms. The van der Waals surface area contributed by atoms with E-state index in [0.717, 1.165) is 6.54 Å². The van der Waals surface area contributed by atoms with Crippen molar-refractivity contribution in [2.45, 2.75) is 57.9 Å². The maximum Gasteiger partial charge on any atom is 0.248 e. The lowest BCUT2D eigenvalue weighted by Gasteiger charge is -2.38. The molecule has 1 saturated carbocycles. The molecule has 0 spiro atoms. The van der Waals surface area contributed by atoms with Crippen LogP contribution in [0.4, 0.5) is 8.78 Å². The summed E-state index contributed by atoms with van der Waals surface area (Å²) in [6.45, 7) is 7.24. The third-order valence-electron chi connectivity index (χ3n) is 3.02. The second kappa shape index (κ2) is 4.13. The van der Waals surface area contributed by atoms with Gasteiger partial charge in [-0.25, -0.2) is 8.78 Å². The van der Waals surface area contributed by atoms with E-state index in [-0.39, 0.29) is 18.4 Å². The van der Waals surface area contributed by atoms with Crippen LogP contribution in [0.1, 0.15) is 46.5 Å². The Bertz CT molecular complexity index is 174. The standard InChI is InChI=1S/C11H21F2N/c1-9(2)8-14-10(3)4-6-11(12,13)7-5-10/h9,14H,4-8H2,1-3H3. The fourth-order valence-corrected chi connectivity index (χ4v) is 1.79. The van der Waals surface area contributed by atoms with E-state index in [1.807, 2.05) is 0 Å². The molecular formula is C11H21F2N. The molecule has 0 saturated heterocycles. The molecule has 1 N–H and O–H groups in total. The summed E-state index contributed by atoms with van der Waals surface area (Å²) in [6, 6.07) is 0. The van der Waals surface area contributed by atoms with E-state index in [2.05, 4.69) is 26.1 Å². The van der Waals surface area contributed by atoms with E-state index in [1.165, 1.54) is 0 Å². The van der Waals surface area contributed by atoms with Crippen molar-refractivity contribution in [2.24, 2.45) is 5.92 Å². The highest BCUT2D eigenvalue weighted by atomic mass is 19.3. The van der Waals surface area contributed by atoms with Gasteiger partial charge in [0.1, 0.15) is 0 Å². The molecular weight excluding hydrogens is 184 g/mol. The fraction of sp³-hybridized carbons (Fsp3) is 1.00. The summed E-state index contributed by atoms with van der Waals surface area (Å²) in [4.78, 5) is 0. The second-order valence-corrected chi connectivity index (χ2v) is 5.19. The number of nitrogens with one attached hydrogen (secondary N) is 1. The lowest BCUT2D eigenvalue weighted by molar-refractivity contribution is -0.0535. The van der Waals surface area contributed by atoms with E-state index in [1.54, 1.807) is 0 Å². The van der Waals surface area contributed by atoms with Gasteiger partial charge in [0.15, 0.2) is 0 Å². The molecule has 0 amide bonds. The SMILES string of the molecule is CC(C)CNC1(C)CCC(F)(F)CC1. The second-order valence-electron chi connectivity index (χ2n) is 5.19. The number of rotatable bonds is 3. The summed E-state index contributed by atoms with van der Waals surface area (Å²) in [5.74, 6) is -1.84. The van der Waals surface area contributed by atoms with Gasteiger partial charge in [-0.3, -0.25) is 0 Å². The molecule has 0 aromatic carbocycles. The zero-order chi connectivity index (χ0) is 10.8. The van der Waals surface area contributed by atoms with Crippen molar-refractivity contribution in [1.29, 1.82) is 0 Å². The van der Waals surface area contributed by atoms with E-state index >= 15 is 0 Å². The van der Waals surface area contributed by atoms with Crippen LogP contribution >= 0.6 is 0 Å². The van der Waals surface area contributed by atoms with Gasteiger partial charge in [-0.15, -0.1) is 0 Å². The van der Waals surface area contributed by atoms with E-state index < -0.39 is 5.92 Å². The van der Waals surface area contributed by atoms with Gasteiger partial charge < -0.3 is 5.32 Å². The van der Waals surface area contributed by atoms with Crippen molar-refractivity contribution < 1.29 is 8.78 Å². The fourth-order valence-electron chi connectivity index (χ4n) is 1.79. The molecule has 1 aliphatic rings. The number of hydrogen-bond acceptors (Lipinski definition) is 1. The topological polar surface area (TPSA) is 12.0 Å². The first kappa shape index (κ1) is 11.9. The molecule has 0 aromatic rings. The highest BCUT2D eigenvalue weighted by Gasteiger charge is 2.40. The van der Waals surface area contributed by atoms with Crippen LogP contribution in [0.5, 0.6) is 0 Å². The summed E-state index contributed by atoms with van der Waals surface area (Å²) >= 11 is 0. The van der Waals surface area contributed by atoms with Gasteiger partial charge in [-0.2, -0.15) is 0 Å². The predicted molar refractivity (Wildman–Crippen MR) is 54.7 cm³/mol. The lowest BCUT2D eigenvalue weighted by atomic mass is 9.81. The molecule has 14 heavy (non-hydrogen) atoms. The Morgan fingerprint density at radius 2 is 1.64 bits per heavy atom. The molecule has 0 radical (unpaired) electrons. The summed E-state index contributed by atoms with van der Waals surface area (Å²) in [7, 11) is 0. The van der Waals surface area contributed by atoms with Crippen molar-refractivity contribution >= 4 is 0 Å². The van der Waals surface area contributed by atoms with Crippen LogP contribution in [0.15, 0.2) is 0 Å². The summed E-state index contributed by atoms with van der Waals surface area (Å²) in [5.41, 5.74) is -0.0635. The molecule has 0 bridgehead atoms. The Labute approximate surface area is 85.3 Å². The van der Waals surface area contributed by atoms with Crippen molar-refractivity contribution in [3.8, 4) is 0 Å². The molecule has 1 aliphatic carbocycles. The first-order valence-corrected chi connectivity index (χ1v) is 5.46. The molecule has 0 unspecified atom stereocenters. The van der Waals surface area contributed by atoms with Gasteiger partial charge in [0, 0.05) is 18.4 Å². The normalized spacial score (nSPS) is 25.3. The smallest absolute Gasteiger partial charge is 0.248 e. The Hall–Kier alpha value is -0.180. The van der Waals surface area contributed by atoms with Gasteiger partial charge in [0.25, 0.3) is 0 Å². The van der Waals surface area contributed by atoms with Crippen molar-refractivity contribution in [2.75, 3.05) is 6.54 Å². The minimum atomic E-state index is -2.42. The zero-order valence-corrected chi connectivity index (χ0v) is 9.37. The van der Waals surface area contributed by atoms with Crippen LogP contribution < -0.4 is 5.32 Å². The lowest BCUT2D eigenvalue weighted by Crippen LogP contribution is -2.48. The van der Waals surface area contributed by atoms with Gasteiger partial charge in [0.2, 0.25) is 5.92 Å². The molecule has 0 aliphatic heterocycles. The first-order chi connectivity index (χ1) is 6.33. The average molecular weight is 205 g/mol. The Morgan fingerprint density at radius 3 is 2.07 bits per heavy atom. The number of hydrogen-bond donors (Lipinski definition) is 1. The van der Waals surface area contributed by atoms with E-state index in [4.69, 9.17) is 0 Å². The Balaban J connectivity index is 2.37. The maximum absolute atomic E-state index is 12.9. The molecule has 0 atom stereocenters. The minimum absolute atomic E-state index is 0.0363. The maximum atomic E-state index is 12.9. The summed E-state index contributed by atoms with van der Waals surface area (Å²) < 4.78 is 25.8. The molecule has 0 aromatic heterocycles. The van der Waals surface area contributed by atoms with E-state index in [0.29, 0.717) is 18.8 Å². The van der Waals surface area contributed by atoms with E-state index in [9.17, 15) is 8.78 Å². The summed E-state index contributed by atoms with van der Waals surface area (Å²) in [6.07, 6.45) is 1.25. The third kappa shape index (κ3) is 3.52. The van der Waals surface area contributed by atoms with Crippen LogP contribution in [-0.2, 0) is 0 Å². The average Bonchev–Trinajstić information content (AvgIpc) is 2.08. The Kier molecular flexibility index (Phi) is 3.51. The Morgan fingerprint density at radius 1 is 1.14 bits per heavy atom. The van der Waals surface area contributed by atoms with Crippen LogP contribution in [0, 0.1) is 5.92 Å². The van der Waals surface area contributed by atoms with Crippen LogP contribution in [0.2, 0.25) is 0 Å².